The minimum atomic E-state index is -4.55. The smallest absolute Gasteiger partial charge is 0.320 e. The van der Waals surface area contributed by atoms with Gasteiger partial charge in [0.05, 0.1) is 0 Å². The largest absolute Gasteiger partial charge is 0.432 e. The number of hydrogen-bond donors (Lipinski definition) is 2. The van der Waals surface area contributed by atoms with Crippen LogP contribution in [0.2, 0.25) is 0 Å². The number of alkyl halides is 3. The Balaban J connectivity index is 2.20. The van der Waals surface area contributed by atoms with Gasteiger partial charge >= 0.3 is 6.18 Å². The first-order valence-electron chi connectivity index (χ1n) is 5.79. The van der Waals surface area contributed by atoms with Crippen molar-refractivity contribution >= 4 is 11.6 Å². The number of nitrogens with zero attached hydrogens (tertiary/aromatic N) is 1. The predicted molar refractivity (Wildman–Crippen MR) is 67.5 cm³/mol. The summed E-state index contributed by atoms with van der Waals surface area (Å²) in [5, 5.41) is 7.72. The van der Waals surface area contributed by atoms with Crippen LogP contribution in [-0.4, -0.2) is 16.1 Å². The van der Waals surface area contributed by atoms with E-state index >= 15 is 0 Å². The molecule has 0 aliphatic rings. The number of halogens is 3. The van der Waals surface area contributed by atoms with Crippen molar-refractivity contribution in [3.63, 3.8) is 0 Å². The van der Waals surface area contributed by atoms with E-state index in [1.54, 1.807) is 17.2 Å². The molecule has 106 valence electrons. The highest BCUT2D eigenvalue weighted by Crippen LogP contribution is 2.28. The Morgan fingerprint density at radius 1 is 1.30 bits per heavy atom. The summed E-state index contributed by atoms with van der Waals surface area (Å²) in [6.45, 7) is 3.69. The van der Waals surface area contributed by atoms with Crippen molar-refractivity contribution in [2.24, 2.45) is 0 Å². The molecule has 2 aromatic rings. The van der Waals surface area contributed by atoms with Gasteiger partial charge in [0.25, 0.3) is 5.91 Å². The fraction of sp³-hybridized carbons (Fsp3) is 0.231. The van der Waals surface area contributed by atoms with E-state index in [4.69, 9.17) is 0 Å². The Morgan fingerprint density at radius 2 is 2.00 bits per heavy atom. The van der Waals surface area contributed by atoms with Crippen molar-refractivity contribution in [1.29, 1.82) is 0 Å². The van der Waals surface area contributed by atoms with Gasteiger partial charge in [-0.15, -0.1) is 0 Å². The Hall–Kier alpha value is -2.31. The molecule has 20 heavy (non-hydrogen) atoms. The molecule has 1 heterocycles. The van der Waals surface area contributed by atoms with Crippen LogP contribution in [0.4, 0.5) is 18.9 Å². The lowest BCUT2D eigenvalue weighted by molar-refractivity contribution is -0.141. The zero-order chi connectivity index (χ0) is 14.9. The summed E-state index contributed by atoms with van der Waals surface area (Å²) >= 11 is 0. The summed E-state index contributed by atoms with van der Waals surface area (Å²) in [5.74, 6) is -0.689. The quantitative estimate of drug-likeness (QED) is 0.888. The average molecular weight is 283 g/mol. The number of H-pyrrole nitrogens is 1. The molecule has 0 aliphatic heterocycles. The lowest BCUT2D eigenvalue weighted by atomic mass is 10.1. The number of carbonyl (C=O) groups is 1. The second-order valence-corrected chi connectivity index (χ2v) is 4.37. The van der Waals surface area contributed by atoms with E-state index in [9.17, 15) is 18.0 Å². The number of aromatic nitrogens is 2. The van der Waals surface area contributed by atoms with Gasteiger partial charge in [0.2, 0.25) is 0 Å². The number of carbonyl (C=O) groups excluding carboxylic acids is 1. The minimum Gasteiger partial charge on any atom is -0.320 e. The third-order valence-corrected chi connectivity index (χ3v) is 2.97. The first kappa shape index (κ1) is 14.1. The van der Waals surface area contributed by atoms with Gasteiger partial charge in [-0.25, -0.2) is 0 Å². The molecule has 0 spiro atoms. The van der Waals surface area contributed by atoms with Crippen molar-refractivity contribution in [3.05, 3.63) is 46.8 Å². The van der Waals surface area contributed by atoms with Crippen LogP contribution in [-0.2, 0) is 6.18 Å². The maximum absolute atomic E-state index is 12.4. The molecular formula is C13H12F3N3O. The van der Waals surface area contributed by atoms with Crippen LogP contribution in [0, 0.1) is 13.8 Å². The highest BCUT2D eigenvalue weighted by Gasteiger charge is 2.33. The Labute approximate surface area is 113 Å². The molecule has 7 heteroatoms. The Kier molecular flexibility index (Phi) is 3.52. The molecule has 0 saturated heterocycles. The van der Waals surface area contributed by atoms with E-state index in [1.807, 2.05) is 19.9 Å². The van der Waals surface area contributed by atoms with E-state index < -0.39 is 17.8 Å². The number of nitrogens with one attached hydrogen (secondary N) is 2. The zero-order valence-corrected chi connectivity index (χ0v) is 10.8. The van der Waals surface area contributed by atoms with Crippen molar-refractivity contribution in [3.8, 4) is 0 Å². The fourth-order valence-electron chi connectivity index (χ4n) is 1.66. The third kappa shape index (κ3) is 2.81. The number of anilines is 1. The predicted octanol–water partition coefficient (Wildman–Crippen LogP) is 3.30. The molecule has 4 nitrogen and oxygen atoms in total. The normalized spacial score (nSPS) is 11.4. The molecule has 0 radical (unpaired) electrons. The van der Waals surface area contributed by atoms with Gasteiger partial charge in [0.15, 0.2) is 5.69 Å². The summed E-state index contributed by atoms with van der Waals surface area (Å²) < 4.78 is 37.2. The number of hydrogen-bond acceptors (Lipinski definition) is 2. The number of amides is 1. The molecule has 0 atom stereocenters. The minimum absolute atomic E-state index is 0.307. The monoisotopic (exact) mass is 283 g/mol. The molecule has 1 aromatic carbocycles. The molecule has 0 fully saturated rings. The van der Waals surface area contributed by atoms with Crippen LogP contribution >= 0.6 is 0 Å². The van der Waals surface area contributed by atoms with Gasteiger partial charge in [0, 0.05) is 11.8 Å². The van der Waals surface area contributed by atoms with Crippen molar-refractivity contribution < 1.29 is 18.0 Å². The lowest BCUT2D eigenvalue weighted by Crippen LogP contribution is -2.13. The molecule has 0 aliphatic carbocycles. The second-order valence-electron chi connectivity index (χ2n) is 4.37. The molecule has 1 amide bonds. The van der Waals surface area contributed by atoms with E-state index in [2.05, 4.69) is 10.4 Å². The number of rotatable bonds is 2. The molecule has 1 aromatic heterocycles. The zero-order valence-electron chi connectivity index (χ0n) is 10.8. The standard InChI is InChI=1S/C13H12F3N3O/c1-7-4-3-5-9(8(7)2)17-12(20)10-6-11(19-18-10)13(14,15)16/h3-6H,1-2H3,(H,17,20)(H,18,19). The second kappa shape index (κ2) is 4.99. The third-order valence-electron chi connectivity index (χ3n) is 2.97. The van der Waals surface area contributed by atoms with E-state index in [0.29, 0.717) is 11.8 Å². The first-order valence-corrected chi connectivity index (χ1v) is 5.79. The van der Waals surface area contributed by atoms with Crippen LogP contribution in [0.3, 0.4) is 0 Å². The van der Waals surface area contributed by atoms with Gasteiger partial charge in [-0.1, -0.05) is 12.1 Å². The highest BCUT2D eigenvalue weighted by atomic mass is 19.4. The van der Waals surface area contributed by atoms with Crippen LogP contribution in [0.25, 0.3) is 0 Å². The van der Waals surface area contributed by atoms with Gasteiger partial charge in [-0.2, -0.15) is 18.3 Å². The summed E-state index contributed by atoms with van der Waals surface area (Å²) in [7, 11) is 0. The summed E-state index contributed by atoms with van der Waals surface area (Å²) in [6, 6.07) is 5.99. The van der Waals surface area contributed by atoms with Crippen LogP contribution in [0.15, 0.2) is 24.3 Å². The fourth-order valence-corrected chi connectivity index (χ4v) is 1.66. The van der Waals surface area contributed by atoms with Gasteiger partial charge in [0.1, 0.15) is 5.69 Å². The maximum atomic E-state index is 12.4. The maximum Gasteiger partial charge on any atom is 0.432 e. The molecular weight excluding hydrogens is 271 g/mol. The van der Waals surface area contributed by atoms with Gasteiger partial charge in [-0.05, 0) is 31.0 Å². The SMILES string of the molecule is Cc1cccc(NC(=O)c2cc(C(F)(F)F)[nH]n2)c1C. The van der Waals surface area contributed by atoms with Crippen molar-refractivity contribution in [2.45, 2.75) is 20.0 Å². The first-order chi connectivity index (χ1) is 9.29. The topological polar surface area (TPSA) is 57.8 Å². The van der Waals surface area contributed by atoms with Crippen LogP contribution < -0.4 is 5.32 Å². The Bertz CT molecular complexity index is 647. The lowest BCUT2D eigenvalue weighted by Gasteiger charge is -2.08. The molecule has 0 saturated carbocycles. The average Bonchev–Trinajstić information content (AvgIpc) is 2.84. The summed E-state index contributed by atoms with van der Waals surface area (Å²) in [4.78, 5) is 11.9. The van der Waals surface area contributed by atoms with Crippen molar-refractivity contribution in [1.82, 2.24) is 10.2 Å². The van der Waals surface area contributed by atoms with Crippen LogP contribution in [0.1, 0.15) is 27.3 Å². The molecule has 2 N–H and O–H groups in total. The van der Waals surface area contributed by atoms with Crippen LogP contribution in [0.5, 0.6) is 0 Å². The summed E-state index contributed by atoms with van der Waals surface area (Å²) in [6.07, 6.45) is -4.55. The highest BCUT2D eigenvalue weighted by molar-refractivity contribution is 6.03. The molecule has 0 bridgehead atoms. The number of aromatic amines is 1. The number of benzene rings is 1. The number of aryl methyl sites for hydroxylation is 1. The van der Waals surface area contributed by atoms with E-state index in [-0.39, 0.29) is 5.69 Å². The van der Waals surface area contributed by atoms with Crippen molar-refractivity contribution in [2.75, 3.05) is 5.32 Å². The molecule has 2 rings (SSSR count). The molecule has 0 unspecified atom stereocenters. The Morgan fingerprint density at radius 3 is 2.60 bits per heavy atom. The van der Waals surface area contributed by atoms with E-state index in [0.717, 1.165) is 11.1 Å². The summed E-state index contributed by atoms with van der Waals surface area (Å²) in [5.41, 5.74) is 1.02. The van der Waals surface area contributed by atoms with Gasteiger partial charge in [-0.3, -0.25) is 9.89 Å². The van der Waals surface area contributed by atoms with E-state index in [1.165, 1.54) is 0 Å². The van der Waals surface area contributed by atoms with Gasteiger partial charge < -0.3 is 5.32 Å².